The lowest BCUT2D eigenvalue weighted by Crippen LogP contribution is -2.34. The molecular formula is C25H28N2O5. The number of rotatable bonds is 9. The second kappa shape index (κ2) is 9.42. The van der Waals surface area contributed by atoms with E-state index in [4.69, 9.17) is 9.84 Å². The number of hydrogen-bond donors (Lipinski definition) is 3. The van der Waals surface area contributed by atoms with Crippen LogP contribution in [0.2, 0.25) is 0 Å². The zero-order valence-electron chi connectivity index (χ0n) is 18.0. The average molecular weight is 437 g/mol. The van der Waals surface area contributed by atoms with Crippen molar-refractivity contribution in [3.63, 3.8) is 0 Å². The maximum atomic E-state index is 12.3. The third kappa shape index (κ3) is 4.61. The third-order valence-corrected chi connectivity index (χ3v) is 6.48. The van der Waals surface area contributed by atoms with E-state index in [9.17, 15) is 14.4 Å². The van der Waals surface area contributed by atoms with Gasteiger partial charge in [0.2, 0.25) is 5.91 Å². The minimum atomic E-state index is -0.905. The summed E-state index contributed by atoms with van der Waals surface area (Å²) in [6, 6.07) is 16.3. The molecular weight excluding hydrogens is 408 g/mol. The molecule has 1 fully saturated rings. The number of carbonyl (C=O) groups excluding carboxylic acids is 2. The largest absolute Gasteiger partial charge is 0.481 e. The van der Waals surface area contributed by atoms with Gasteiger partial charge in [-0.1, -0.05) is 55.5 Å². The van der Waals surface area contributed by atoms with Crippen molar-refractivity contribution in [3.05, 3.63) is 59.7 Å². The van der Waals surface area contributed by atoms with Gasteiger partial charge in [-0.2, -0.15) is 0 Å². The van der Waals surface area contributed by atoms with Crippen molar-refractivity contribution in [3.8, 4) is 11.1 Å². The summed E-state index contributed by atoms with van der Waals surface area (Å²) in [5, 5.41) is 14.5. The lowest BCUT2D eigenvalue weighted by atomic mass is 9.98. The van der Waals surface area contributed by atoms with E-state index >= 15 is 0 Å². The minimum Gasteiger partial charge on any atom is -0.481 e. The van der Waals surface area contributed by atoms with Gasteiger partial charge in [-0.05, 0) is 41.0 Å². The summed E-state index contributed by atoms with van der Waals surface area (Å²) in [6.45, 7) is 2.53. The Balaban J connectivity index is 1.22. The molecule has 0 spiro atoms. The van der Waals surface area contributed by atoms with Crippen LogP contribution in [0.5, 0.6) is 0 Å². The van der Waals surface area contributed by atoms with Gasteiger partial charge >= 0.3 is 12.1 Å². The molecule has 2 aliphatic carbocycles. The van der Waals surface area contributed by atoms with Crippen molar-refractivity contribution in [1.29, 1.82) is 0 Å². The Kier molecular flexibility index (Phi) is 6.44. The SMILES string of the molecule is CCC(CNC(=O)[C@H]1C[C@H]1CNC(=O)OCC1c2ccccc2-c2ccccc21)C(=O)O. The van der Waals surface area contributed by atoms with Gasteiger partial charge in [0.25, 0.3) is 0 Å². The molecule has 1 saturated carbocycles. The van der Waals surface area contributed by atoms with Crippen LogP contribution in [0.4, 0.5) is 4.79 Å². The lowest BCUT2D eigenvalue weighted by molar-refractivity contribution is -0.141. The molecule has 2 aliphatic rings. The molecule has 0 bridgehead atoms. The predicted octanol–water partition coefficient (Wildman–Crippen LogP) is 3.39. The standard InChI is InChI=1S/C25H28N2O5/c1-2-15(24(29)30)12-26-23(28)21-11-16(21)13-27-25(31)32-14-22-19-9-5-3-7-17(19)18-8-4-6-10-20(18)22/h3-10,15-16,21-22H,2,11-14H2,1H3,(H,26,28)(H,27,31)(H,29,30)/t15?,16-,21-/m0/s1. The van der Waals surface area contributed by atoms with Crippen LogP contribution in [-0.2, 0) is 14.3 Å². The van der Waals surface area contributed by atoms with E-state index in [0.29, 0.717) is 19.4 Å². The Morgan fingerprint density at radius 1 is 1.03 bits per heavy atom. The van der Waals surface area contributed by atoms with E-state index in [1.54, 1.807) is 6.92 Å². The zero-order chi connectivity index (χ0) is 22.7. The summed E-state index contributed by atoms with van der Waals surface area (Å²) in [5.41, 5.74) is 4.67. The average Bonchev–Trinajstić information content (AvgIpc) is 3.51. The van der Waals surface area contributed by atoms with Gasteiger partial charge < -0.3 is 20.5 Å². The van der Waals surface area contributed by atoms with Crippen LogP contribution >= 0.6 is 0 Å². The van der Waals surface area contributed by atoms with E-state index < -0.39 is 18.0 Å². The molecule has 0 heterocycles. The smallest absolute Gasteiger partial charge is 0.407 e. The number of amides is 2. The first-order chi connectivity index (χ1) is 15.5. The van der Waals surface area contributed by atoms with Crippen LogP contribution in [0, 0.1) is 17.8 Å². The van der Waals surface area contributed by atoms with Crippen molar-refractivity contribution >= 4 is 18.0 Å². The molecule has 0 saturated heterocycles. The number of nitrogens with one attached hydrogen (secondary N) is 2. The molecule has 4 rings (SSSR count). The Hall–Kier alpha value is -3.35. The topological polar surface area (TPSA) is 105 Å². The maximum Gasteiger partial charge on any atom is 0.407 e. The van der Waals surface area contributed by atoms with Gasteiger partial charge in [-0.3, -0.25) is 9.59 Å². The molecule has 1 unspecified atom stereocenters. The van der Waals surface area contributed by atoms with E-state index in [0.717, 1.165) is 11.1 Å². The quantitative estimate of drug-likeness (QED) is 0.559. The number of hydrogen-bond acceptors (Lipinski definition) is 4. The highest BCUT2D eigenvalue weighted by Gasteiger charge is 2.43. The Morgan fingerprint density at radius 2 is 1.66 bits per heavy atom. The number of alkyl carbamates (subject to hydrolysis) is 1. The number of ether oxygens (including phenoxy) is 1. The summed E-state index contributed by atoms with van der Waals surface area (Å²) in [5.74, 6) is -1.75. The maximum absolute atomic E-state index is 12.3. The van der Waals surface area contributed by atoms with Gasteiger partial charge in [-0.15, -0.1) is 0 Å². The normalized spacial score (nSPS) is 19.4. The molecule has 7 heteroatoms. The Bertz CT molecular complexity index is 975. The predicted molar refractivity (Wildman–Crippen MR) is 119 cm³/mol. The van der Waals surface area contributed by atoms with Crippen molar-refractivity contribution < 1.29 is 24.2 Å². The summed E-state index contributed by atoms with van der Waals surface area (Å²) >= 11 is 0. The molecule has 2 aromatic carbocycles. The van der Waals surface area contributed by atoms with E-state index in [-0.39, 0.29) is 36.8 Å². The first kappa shape index (κ1) is 21.9. The Morgan fingerprint density at radius 3 is 2.25 bits per heavy atom. The molecule has 2 aromatic rings. The lowest BCUT2D eigenvalue weighted by Gasteiger charge is -2.14. The second-order valence-corrected chi connectivity index (χ2v) is 8.50. The number of carbonyl (C=O) groups is 3. The number of benzene rings is 2. The fourth-order valence-electron chi connectivity index (χ4n) is 4.42. The Labute approximate surface area is 187 Å². The summed E-state index contributed by atoms with van der Waals surface area (Å²) in [4.78, 5) is 35.5. The number of aliphatic carboxylic acids is 1. The number of fused-ring (bicyclic) bond motifs is 3. The van der Waals surface area contributed by atoms with Gasteiger partial charge in [0.15, 0.2) is 0 Å². The van der Waals surface area contributed by atoms with Crippen molar-refractivity contribution in [2.75, 3.05) is 19.7 Å². The molecule has 3 N–H and O–H groups in total. The molecule has 7 nitrogen and oxygen atoms in total. The van der Waals surface area contributed by atoms with Crippen LogP contribution in [0.1, 0.15) is 36.8 Å². The fourth-order valence-corrected chi connectivity index (χ4v) is 4.42. The zero-order valence-corrected chi connectivity index (χ0v) is 18.0. The van der Waals surface area contributed by atoms with Crippen LogP contribution in [-0.4, -0.2) is 42.8 Å². The molecule has 0 aliphatic heterocycles. The van der Waals surface area contributed by atoms with Crippen molar-refractivity contribution in [1.82, 2.24) is 10.6 Å². The van der Waals surface area contributed by atoms with Crippen molar-refractivity contribution in [2.45, 2.75) is 25.7 Å². The second-order valence-electron chi connectivity index (χ2n) is 8.50. The first-order valence-electron chi connectivity index (χ1n) is 11.1. The number of carboxylic acids is 1. The molecule has 168 valence electrons. The first-order valence-corrected chi connectivity index (χ1v) is 11.1. The molecule has 0 aromatic heterocycles. The highest BCUT2D eigenvalue weighted by molar-refractivity contribution is 5.82. The molecule has 3 atom stereocenters. The summed E-state index contributed by atoms with van der Waals surface area (Å²) < 4.78 is 5.52. The number of carboxylic acid groups (broad SMARTS) is 1. The molecule has 32 heavy (non-hydrogen) atoms. The van der Waals surface area contributed by atoms with Crippen LogP contribution in [0.3, 0.4) is 0 Å². The highest BCUT2D eigenvalue weighted by Crippen LogP contribution is 2.44. The third-order valence-electron chi connectivity index (χ3n) is 6.48. The van der Waals surface area contributed by atoms with Gasteiger partial charge in [0.1, 0.15) is 6.61 Å². The van der Waals surface area contributed by atoms with E-state index in [1.807, 2.05) is 24.3 Å². The van der Waals surface area contributed by atoms with E-state index in [1.165, 1.54) is 11.1 Å². The van der Waals surface area contributed by atoms with Crippen LogP contribution < -0.4 is 10.6 Å². The monoisotopic (exact) mass is 436 g/mol. The summed E-state index contributed by atoms with van der Waals surface area (Å²) in [6.07, 6.45) is 0.654. The van der Waals surface area contributed by atoms with Gasteiger partial charge in [0, 0.05) is 24.9 Å². The van der Waals surface area contributed by atoms with Gasteiger partial charge in [0.05, 0.1) is 5.92 Å². The van der Waals surface area contributed by atoms with Crippen LogP contribution in [0.15, 0.2) is 48.5 Å². The minimum absolute atomic E-state index is 0.00773. The fraction of sp³-hybridized carbons (Fsp3) is 0.400. The highest BCUT2D eigenvalue weighted by atomic mass is 16.5. The van der Waals surface area contributed by atoms with Gasteiger partial charge in [-0.25, -0.2) is 4.79 Å². The molecule has 0 radical (unpaired) electrons. The van der Waals surface area contributed by atoms with E-state index in [2.05, 4.69) is 34.9 Å². The molecule has 2 amide bonds. The summed E-state index contributed by atoms with van der Waals surface area (Å²) in [7, 11) is 0. The van der Waals surface area contributed by atoms with Crippen molar-refractivity contribution in [2.24, 2.45) is 17.8 Å². The van der Waals surface area contributed by atoms with Crippen LogP contribution in [0.25, 0.3) is 11.1 Å².